The molecular formula is C23H24ClN5O4. The summed E-state index contributed by atoms with van der Waals surface area (Å²) in [6.07, 6.45) is 1.49. The van der Waals surface area contributed by atoms with Crippen LogP contribution in [0.4, 0.5) is 11.5 Å². The Morgan fingerprint density at radius 3 is 2.76 bits per heavy atom. The molecule has 0 atom stereocenters. The minimum absolute atomic E-state index is 0.0431. The molecule has 0 saturated heterocycles. The number of hydrogen-bond acceptors (Lipinski definition) is 7. The van der Waals surface area contributed by atoms with Gasteiger partial charge in [-0.05, 0) is 37.6 Å². The third-order valence-corrected chi connectivity index (χ3v) is 5.50. The third-order valence-electron chi connectivity index (χ3n) is 5.26. The van der Waals surface area contributed by atoms with E-state index >= 15 is 0 Å². The van der Waals surface area contributed by atoms with Gasteiger partial charge in [0.25, 0.3) is 0 Å². The fourth-order valence-corrected chi connectivity index (χ4v) is 3.72. The lowest BCUT2D eigenvalue weighted by molar-refractivity contribution is -0.132. The van der Waals surface area contributed by atoms with Crippen molar-refractivity contribution in [2.75, 3.05) is 25.6 Å². The highest BCUT2D eigenvalue weighted by Gasteiger charge is 2.29. The van der Waals surface area contributed by atoms with Crippen LogP contribution in [0.5, 0.6) is 11.5 Å². The zero-order valence-corrected chi connectivity index (χ0v) is 19.2. The maximum Gasteiger partial charge on any atom is 0.245 e. The number of methoxy groups -OCH3 is 1. The first-order chi connectivity index (χ1) is 15.8. The Bertz CT molecular complexity index is 1230. The van der Waals surface area contributed by atoms with E-state index in [2.05, 4.69) is 25.9 Å². The van der Waals surface area contributed by atoms with E-state index < -0.39 is 5.54 Å². The summed E-state index contributed by atoms with van der Waals surface area (Å²) >= 11 is 6.24. The number of nitrogens with one attached hydrogen (secondary N) is 3. The number of carbonyl (C=O) groups is 2. The van der Waals surface area contributed by atoms with Crippen molar-refractivity contribution in [2.45, 2.75) is 25.8 Å². The molecule has 0 unspecified atom stereocenters. The van der Waals surface area contributed by atoms with Gasteiger partial charge in [0.2, 0.25) is 11.8 Å². The number of halogens is 1. The number of fused-ring (bicyclic) bond motifs is 2. The third kappa shape index (κ3) is 4.93. The van der Waals surface area contributed by atoms with Gasteiger partial charge in [-0.2, -0.15) is 0 Å². The Morgan fingerprint density at radius 1 is 1.15 bits per heavy atom. The molecule has 9 nitrogen and oxygen atoms in total. The van der Waals surface area contributed by atoms with Crippen LogP contribution in [-0.2, 0) is 16.0 Å². The minimum atomic E-state index is -1.11. The SMILES string of the molecule is COc1cc2ncnc3c2cc1OCCNC(=O)C(C)(C)NC(=O)Cc1ccc(Cl)cc1N3. The van der Waals surface area contributed by atoms with E-state index in [0.29, 0.717) is 44.5 Å². The molecule has 4 rings (SSSR count). The molecule has 0 fully saturated rings. The van der Waals surface area contributed by atoms with Gasteiger partial charge in [0, 0.05) is 22.2 Å². The van der Waals surface area contributed by atoms with Crippen molar-refractivity contribution in [3.63, 3.8) is 0 Å². The van der Waals surface area contributed by atoms with Crippen molar-refractivity contribution in [2.24, 2.45) is 0 Å². The zero-order chi connectivity index (χ0) is 23.6. The first-order valence-corrected chi connectivity index (χ1v) is 10.7. The van der Waals surface area contributed by atoms with Crippen molar-refractivity contribution in [1.29, 1.82) is 0 Å². The summed E-state index contributed by atoms with van der Waals surface area (Å²) in [5, 5.41) is 10.1. The molecule has 2 bridgehead atoms. The van der Waals surface area contributed by atoms with Crippen LogP contribution in [0.3, 0.4) is 0 Å². The van der Waals surface area contributed by atoms with Crippen LogP contribution >= 0.6 is 11.6 Å². The molecule has 2 aromatic carbocycles. The number of hydrogen-bond donors (Lipinski definition) is 3. The van der Waals surface area contributed by atoms with Crippen LogP contribution in [-0.4, -0.2) is 47.6 Å². The Labute approximate surface area is 195 Å². The van der Waals surface area contributed by atoms with Crippen LogP contribution < -0.4 is 25.4 Å². The van der Waals surface area contributed by atoms with Gasteiger partial charge in [-0.15, -0.1) is 0 Å². The number of amides is 2. The smallest absolute Gasteiger partial charge is 0.245 e. The van der Waals surface area contributed by atoms with Gasteiger partial charge in [-0.1, -0.05) is 17.7 Å². The maximum absolute atomic E-state index is 12.8. The summed E-state index contributed by atoms with van der Waals surface area (Å²) < 4.78 is 11.3. The van der Waals surface area contributed by atoms with E-state index in [1.807, 2.05) is 0 Å². The second kappa shape index (κ2) is 9.11. The topological polar surface area (TPSA) is 114 Å². The van der Waals surface area contributed by atoms with Crippen LogP contribution in [0.15, 0.2) is 36.7 Å². The number of nitrogens with zero attached hydrogens (tertiary/aromatic N) is 2. The van der Waals surface area contributed by atoms with E-state index in [9.17, 15) is 9.59 Å². The highest BCUT2D eigenvalue weighted by molar-refractivity contribution is 6.31. The molecule has 172 valence electrons. The molecular weight excluding hydrogens is 446 g/mol. The van der Waals surface area contributed by atoms with Crippen molar-refractivity contribution in [3.8, 4) is 11.5 Å². The standard InChI is InChI=1S/C23H24ClN5O4/c1-23(2)22(31)25-6-7-33-19-10-15-17(11-18(19)32-3)26-12-27-21(15)28-16-9-14(24)5-4-13(16)8-20(30)29-23/h4-5,9-12H,6-8H2,1-3H3,(H,25,31)(H,29,30)(H,26,27,28). The molecule has 33 heavy (non-hydrogen) atoms. The molecule has 2 amide bonds. The summed E-state index contributed by atoms with van der Waals surface area (Å²) in [4.78, 5) is 34.1. The summed E-state index contributed by atoms with van der Waals surface area (Å²) in [6.45, 7) is 3.74. The number of rotatable bonds is 1. The molecule has 3 aromatic rings. The quantitative estimate of drug-likeness (QED) is 0.502. The first-order valence-electron chi connectivity index (χ1n) is 10.4. The van der Waals surface area contributed by atoms with Gasteiger partial charge in [0.05, 0.1) is 25.6 Å². The molecule has 10 heteroatoms. The molecule has 0 saturated carbocycles. The van der Waals surface area contributed by atoms with E-state index in [1.165, 1.54) is 6.33 Å². The largest absolute Gasteiger partial charge is 0.493 e. The van der Waals surface area contributed by atoms with Crippen molar-refractivity contribution in [1.82, 2.24) is 20.6 Å². The maximum atomic E-state index is 12.8. The number of aromatic nitrogens is 2. The lowest BCUT2D eigenvalue weighted by Crippen LogP contribution is -2.55. The zero-order valence-electron chi connectivity index (χ0n) is 18.5. The van der Waals surface area contributed by atoms with E-state index in [4.69, 9.17) is 21.1 Å². The van der Waals surface area contributed by atoms with Crippen molar-refractivity contribution in [3.05, 3.63) is 47.2 Å². The molecule has 1 aromatic heterocycles. The second-order valence-corrected chi connectivity index (χ2v) is 8.56. The number of anilines is 2. The monoisotopic (exact) mass is 469 g/mol. The summed E-state index contributed by atoms with van der Waals surface area (Å²) in [6, 6.07) is 8.74. The number of benzene rings is 2. The molecule has 0 aliphatic carbocycles. The van der Waals surface area contributed by atoms with Gasteiger partial charge in [0.1, 0.15) is 24.3 Å². The molecule has 1 aliphatic rings. The fraction of sp³-hybridized carbons (Fsp3) is 0.304. The van der Waals surface area contributed by atoms with E-state index in [1.54, 1.807) is 51.3 Å². The van der Waals surface area contributed by atoms with Gasteiger partial charge in [-0.25, -0.2) is 9.97 Å². The minimum Gasteiger partial charge on any atom is -0.493 e. The van der Waals surface area contributed by atoms with Gasteiger partial charge in [0.15, 0.2) is 11.5 Å². The predicted molar refractivity (Wildman–Crippen MR) is 125 cm³/mol. The Hall–Kier alpha value is -3.59. The van der Waals surface area contributed by atoms with E-state index in [0.717, 1.165) is 0 Å². The fourth-order valence-electron chi connectivity index (χ4n) is 3.55. The van der Waals surface area contributed by atoms with Crippen LogP contribution in [0.2, 0.25) is 5.02 Å². The van der Waals surface area contributed by atoms with E-state index in [-0.39, 0.29) is 31.4 Å². The van der Waals surface area contributed by atoms with Crippen molar-refractivity contribution >= 4 is 45.8 Å². The molecule has 3 N–H and O–H groups in total. The Balaban J connectivity index is 1.82. The Kier molecular flexibility index (Phi) is 6.24. The average Bonchev–Trinajstić information content (AvgIpc) is 2.77. The lowest BCUT2D eigenvalue weighted by Gasteiger charge is -2.26. The highest BCUT2D eigenvalue weighted by atomic mass is 35.5. The Morgan fingerprint density at radius 2 is 1.97 bits per heavy atom. The number of ether oxygens (including phenoxy) is 2. The lowest BCUT2D eigenvalue weighted by atomic mass is 10.0. The second-order valence-electron chi connectivity index (χ2n) is 8.12. The number of carbonyl (C=O) groups excluding carboxylic acids is 2. The summed E-state index contributed by atoms with van der Waals surface area (Å²) in [5.74, 6) is 0.904. The molecule has 1 aliphatic heterocycles. The van der Waals surface area contributed by atoms with Gasteiger partial charge >= 0.3 is 0 Å². The molecule has 0 spiro atoms. The predicted octanol–water partition coefficient (Wildman–Crippen LogP) is 2.98. The van der Waals surface area contributed by atoms with Crippen molar-refractivity contribution < 1.29 is 19.1 Å². The first kappa shape index (κ1) is 22.6. The van der Waals surface area contributed by atoms with Crippen LogP contribution in [0.1, 0.15) is 19.4 Å². The van der Waals surface area contributed by atoms with Gasteiger partial charge in [-0.3, -0.25) is 9.59 Å². The van der Waals surface area contributed by atoms with Crippen LogP contribution in [0, 0.1) is 0 Å². The van der Waals surface area contributed by atoms with Gasteiger partial charge < -0.3 is 25.4 Å². The summed E-state index contributed by atoms with van der Waals surface area (Å²) in [7, 11) is 1.55. The normalized spacial score (nSPS) is 16.2. The average molecular weight is 470 g/mol. The van der Waals surface area contributed by atoms with Crippen LogP contribution in [0.25, 0.3) is 10.9 Å². The molecule has 0 radical (unpaired) electrons. The molecule has 2 heterocycles. The summed E-state index contributed by atoms with van der Waals surface area (Å²) in [5.41, 5.74) is 0.848. The highest BCUT2D eigenvalue weighted by Crippen LogP contribution is 2.35.